The van der Waals surface area contributed by atoms with Crippen LogP contribution in [-0.4, -0.2) is 22.1 Å². The number of rotatable bonds is 7. The van der Waals surface area contributed by atoms with E-state index in [-0.39, 0.29) is 32.3 Å². The fraction of sp³-hybridized carbons (Fsp3) is 0.263. The molecule has 0 heterocycles. The van der Waals surface area contributed by atoms with Gasteiger partial charge in [0.25, 0.3) is 0 Å². The van der Waals surface area contributed by atoms with Gasteiger partial charge in [0, 0.05) is 0 Å². The maximum absolute atomic E-state index is 11.6. The molecule has 0 bridgehead atoms. The molecule has 0 radical (unpaired) electrons. The summed E-state index contributed by atoms with van der Waals surface area (Å²) in [7, 11) is 0. The Balaban J connectivity index is 2.31. The number of aliphatic carboxylic acids is 1. The molecule has 0 saturated heterocycles. The average molecular weight is 447 g/mol. The summed E-state index contributed by atoms with van der Waals surface area (Å²) in [6.07, 6.45) is -0.0737. The second-order valence-corrected chi connectivity index (χ2v) is 7.64. The molecule has 1 amide bonds. The van der Waals surface area contributed by atoms with Crippen molar-refractivity contribution in [1.29, 1.82) is 0 Å². The van der Waals surface area contributed by atoms with Gasteiger partial charge in [-0.25, -0.2) is 0 Å². The molecule has 0 unspecified atom stereocenters. The molecular formula is C19H18Cl3NO5. The summed E-state index contributed by atoms with van der Waals surface area (Å²) < 4.78 is 5.76. The number of carboxylic acids is 1. The van der Waals surface area contributed by atoms with Gasteiger partial charge in [-0.15, -0.1) is 0 Å². The van der Waals surface area contributed by atoms with Crippen LogP contribution >= 0.6 is 34.8 Å². The first-order valence-electron chi connectivity index (χ1n) is 8.27. The summed E-state index contributed by atoms with van der Waals surface area (Å²) in [6, 6.07) is 6.07. The third-order valence-electron chi connectivity index (χ3n) is 3.60. The van der Waals surface area contributed by atoms with Crippen LogP contribution in [-0.2, 0) is 16.0 Å². The van der Waals surface area contributed by atoms with Gasteiger partial charge in [-0.05, 0) is 42.2 Å². The fourth-order valence-corrected chi connectivity index (χ4v) is 3.16. The predicted molar refractivity (Wildman–Crippen MR) is 109 cm³/mol. The van der Waals surface area contributed by atoms with E-state index in [4.69, 9.17) is 44.6 Å². The van der Waals surface area contributed by atoms with E-state index in [0.29, 0.717) is 23.7 Å². The smallest absolute Gasteiger partial charge is 0.312 e. The van der Waals surface area contributed by atoms with Crippen LogP contribution in [0, 0.1) is 5.92 Å². The monoisotopic (exact) mass is 445 g/mol. The highest BCUT2D eigenvalue weighted by Crippen LogP contribution is 2.45. The lowest BCUT2D eigenvalue weighted by Gasteiger charge is -2.15. The van der Waals surface area contributed by atoms with Crippen molar-refractivity contribution in [2.45, 2.75) is 26.7 Å². The number of carbonyl (C=O) groups excluding carboxylic acids is 1. The van der Waals surface area contributed by atoms with Crippen molar-refractivity contribution in [2.75, 3.05) is 5.32 Å². The Morgan fingerprint density at radius 1 is 1.14 bits per heavy atom. The number of amides is 1. The van der Waals surface area contributed by atoms with Crippen LogP contribution in [0.4, 0.5) is 5.69 Å². The lowest BCUT2D eigenvalue weighted by Crippen LogP contribution is -2.16. The standard InChI is InChI=1S/C19H18Cl3NO5/c1-9(2)5-10-6-11(3-4-14(10)24)28-19-12(20)7-13(17(21)18(19)22)23-15(25)8-16(26)27/h3-4,6-7,9,24H,5,8H2,1-2H3,(H,23,25)(H,26,27). The number of aromatic hydroxyl groups is 1. The minimum absolute atomic E-state index is 0.0408. The maximum atomic E-state index is 11.6. The summed E-state index contributed by atoms with van der Waals surface area (Å²) in [5.41, 5.74) is 0.782. The Bertz CT molecular complexity index is 915. The summed E-state index contributed by atoms with van der Waals surface area (Å²) in [6.45, 7) is 4.05. The molecule has 3 N–H and O–H groups in total. The Hall–Kier alpha value is -2.15. The first-order chi connectivity index (χ1) is 13.1. The van der Waals surface area contributed by atoms with E-state index in [9.17, 15) is 14.7 Å². The number of hydrogen-bond acceptors (Lipinski definition) is 4. The van der Waals surface area contributed by atoms with Gasteiger partial charge in [-0.3, -0.25) is 9.59 Å². The van der Waals surface area contributed by atoms with Crippen LogP contribution in [0.25, 0.3) is 0 Å². The molecule has 0 atom stereocenters. The Morgan fingerprint density at radius 2 is 1.82 bits per heavy atom. The van der Waals surface area contributed by atoms with E-state index in [1.54, 1.807) is 12.1 Å². The molecule has 28 heavy (non-hydrogen) atoms. The topological polar surface area (TPSA) is 95.9 Å². The lowest BCUT2D eigenvalue weighted by molar-refractivity contribution is -0.139. The predicted octanol–water partition coefficient (Wildman–Crippen LogP) is 5.76. The third-order valence-corrected chi connectivity index (χ3v) is 4.73. The molecular weight excluding hydrogens is 429 g/mol. The molecule has 0 aliphatic rings. The van der Waals surface area contributed by atoms with Gasteiger partial charge in [0.15, 0.2) is 5.75 Å². The zero-order valence-corrected chi connectivity index (χ0v) is 17.3. The second kappa shape index (κ2) is 9.37. The first kappa shape index (κ1) is 22.1. The van der Waals surface area contributed by atoms with E-state index >= 15 is 0 Å². The number of hydrogen-bond donors (Lipinski definition) is 3. The van der Waals surface area contributed by atoms with Gasteiger partial charge in [0.05, 0.1) is 15.7 Å². The SMILES string of the molecule is CC(C)Cc1cc(Oc2c(Cl)cc(NC(=O)CC(=O)O)c(Cl)c2Cl)ccc1O. The van der Waals surface area contributed by atoms with Crippen molar-refractivity contribution in [3.8, 4) is 17.2 Å². The van der Waals surface area contributed by atoms with Crippen LogP contribution in [0.5, 0.6) is 17.2 Å². The molecule has 2 rings (SSSR count). The van der Waals surface area contributed by atoms with Gasteiger partial charge in [-0.2, -0.15) is 0 Å². The number of benzene rings is 2. The minimum Gasteiger partial charge on any atom is -0.508 e. The van der Waals surface area contributed by atoms with Gasteiger partial charge in [0.1, 0.15) is 22.9 Å². The minimum atomic E-state index is -1.28. The van der Waals surface area contributed by atoms with Gasteiger partial charge >= 0.3 is 5.97 Å². The molecule has 150 valence electrons. The summed E-state index contributed by atoms with van der Waals surface area (Å²) in [5.74, 6) is -1.09. The molecule has 0 aliphatic heterocycles. The zero-order chi connectivity index (χ0) is 21.0. The molecule has 0 aromatic heterocycles. The number of nitrogens with one attached hydrogen (secondary N) is 1. The van der Waals surface area contributed by atoms with Crippen LogP contribution in [0.15, 0.2) is 24.3 Å². The largest absolute Gasteiger partial charge is 0.508 e. The van der Waals surface area contributed by atoms with E-state index in [0.717, 1.165) is 0 Å². The number of phenolic OH excluding ortho intramolecular Hbond substituents is 1. The lowest BCUT2D eigenvalue weighted by atomic mass is 10.0. The molecule has 0 fully saturated rings. The van der Waals surface area contributed by atoms with E-state index in [1.165, 1.54) is 12.1 Å². The molecule has 2 aromatic rings. The third kappa shape index (κ3) is 5.67. The molecule has 0 aliphatic carbocycles. The number of anilines is 1. The van der Waals surface area contributed by atoms with Crippen molar-refractivity contribution in [3.63, 3.8) is 0 Å². The Labute approximate surface area is 177 Å². The van der Waals surface area contributed by atoms with E-state index in [2.05, 4.69) is 5.32 Å². The number of carbonyl (C=O) groups is 2. The number of ether oxygens (including phenoxy) is 1. The fourth-order valence-electron chi connectivity index (χ4n) is 2.44. The summed E-state index contributed by atoms with van der Waals surface area (Å²) in [4.78, 5) is 22.2. The van der Waals surface area contributed by atoms with Crippen LogP contribution in [0.3, 0.4) is 0 Å². The quantitative estimate of drug-likeness (QED) is 0.371. The van der Waals surface area contributed by atoms with Crippen molar-refractivity contribution in [3.05, 3.63) is 44.9 Å². The maximum Gasteiger partial charge on any atom is 0.312 e. The van der Waals surface area contributed by atoms with Crippen molar-refractivity contribution >= 4 is 52.4 Å². The summed E-state index contributed by atoms with van der Waals surface area (Å²) >= 11 is 18.6. The second-order valence-electron chi connectivity index (χ2n) is 6.47. The normalized spacial score (nSPS) is 10.8. The van der Waals surface area contributed by atoms with Crippen molar-refractivity contribution in [1.82, 2.24) is 0 Å². The number of halogens is 3. The van der Waals surface area contributed by atoms with E-state index in [1.807, 2.05) is 13.8 Å². The number of phenols is 1. The van der Waals surface area contributed by atoms with Crippen molar-refractivity contribution < 1.29 is 24.5 Å². The summed E-state index contributed by atoms with van der Waals surface area (Å²) in [5, 5.41) is 21.0. The zero-order valence-electron chi connectivity index (χ0n) is 15.1. The first-order valence-corrected chi connectivity index (χ1v) is 9.40. The highest BCUT2D eigenvalue weighted by Gasteiger charge is 2.19. The van der Waals surface area contributed by atoms with Gasteiger partial charge in [0.2, 0.25) is 5.91 Å². The molecule has 2 aromatic carbocycles. The van der Waals surface area contributed by atoms with Crippen LogP contribution in [0.2, 0.25) is 15.1 Å². The number of carboxylic acid groups (broad SMARTS) is 1. The van der Waals surface area contributed by atoms with Gasteiger partial charge in [-0.1, -0.05) is 48.7 Å². The molecule has 6 nitrogen and oxygen atoms in total. The van der Waals surface area contributed by atoms with E-state index < -0.39 is 18.3 Å². The molecule has 0 spiro atoms. The van der Waals surface area contributed by atoms with Crippen molar-refractivity contribution in [2.24, 2.45) is 5.92 Å². The Morgan fingerprint density at radius 3 is 2.43 bits per heavy atom. The van der Waals surface area contributed by atoms with Crippen LogP contribution in [0.1, 0.15) is 25.8 Å². The highest BCUT2D eigenvalue weighted by molar-refractivity contribution is 6.46. The van der Waals surface area contributed by atoms with Gasteiger partial charge < -0.3 is 20.3 Å². The highest BCUT2D eigenvalue weighted by atomic mass is 35.5. The van der Waals surface area contributed by atoms with Crippen LogP contribution < -0.4 is 10.1 Å². The molecule has 9 heteroatoms. The average Bonchev–Trinajstić information content (AvgIpc) is 2.58. The Kier molecular flexibility index (Phi) is 7.41. The molecule has 0 saturated carbocycles.